The Labute approximate surface area is 169 Å². The van der Waals surface area contributed by atoms with Crippen molar-refractivity contribution < 1.29 is 18.9 Å². The van der Waals surface area contributed by atoms with Crippen LogP contribution in [-0.4, -0.2) is 48.7 Å². The van der Waals surface area contributed by atoms with Crippen LogP contribution in [0.3, 0.4) is 0 Å². The number of ether oxygens (including phenoxy) is 4. The van der Waals surface area contributed by atoms with E-state index in [1.165, 1.54) is 6.42 Å². The van der Waals surface area contributed by atoms with Crippen LogP contribution in [0.2, 0.25) is 0 Å². The molecule has 2 heterocycles. The van der Waals surface area contributed by atoms with Crippen LogP contribution in [0.25, 0.3) is 10.8 Å². The van der Waals surface area contributed by atoms with E-state index in [0.29, 0.717) is 42.2 Å². The average molecular weight is 398 g/mol. The fraction of sp³-hybridized carbons (Fsp3) is 0.429. The predicted octanol–water partition coefficient (Wildman–Crippen LogP) is 3.98. The van der Waals surface area contributed by atoms with E-state index in [2.05, 4.69) is 15.5 Å². The summed E-state index contributed by atoms with van der Waals surface area (Å²) in [5, 5.41) is 12.2. The lowest BCUT2D eigenvalue weighted by molar-refractivity contribution is 0.117. The molecule has 0 radical (unpaired) electrons. The quantitative estimate of drug-likeness (QED) is 0.527. The van der Waals surface area contributed by atoms with Gasteiger partial charge in [0.05, 0.1) is 13.7 Å². The van der Waals surface area contributed by atoms with Crippen molar-refractivity contribution in [1.82, 2.24) is 15.2 Å². The van der Waals surface area contributed by atoms with Crippen LogP contribution in [0.1, 0.15) is 25.0 Å². The van der Waals surface area contributed by atoms with Crippen molar-refractivity contribution in [3.05, 3.63) is 30.0 Å². The van der Waals surface area contributed by atoms with E-state index in [4.69, 9.17) is 23.9 Å². The number of aryl methyl sites for hydroxylation is 1. The van der Waals surface area contributed by atoms with E-state index in [1.54, 1.807) is 14.2 Å². The smallest absolute Gasteiger partial charge is 0.223 e. The second kappa shape index (κ2) is 8.57. The molecular weight excluding hydrogens is 372 g/mol. The lowest BCUT2D eigenvalue weighted by atomic mass is 9.96. The number of hydrogen-bond donors (Lipinski definition) is 2. The predicted molar refractivity (Wildman–Crippen MR) is 111 cm³/mol. The molecule has 0 spiro atoms. The molecule has 1 aliphatic carbocycles. The van der Waals surface area contributed by atoms with Gasteiger partial charge in [0.25, 0.3) is 0 Å². The summed E-state index contributed by atoms with van der Waals surface area (Å²) in [5.41, 5.74) is 0.971. The summed E-state index contributed by atoms with van der Waals surface area (Å²) < 4.78 is 22.7. The van der Waals surface area contributed by atoms with Gasteiger partial charge in [0.15, 0.2) is 17.3 Å². The Bertz CT molecular complexity index is 984. The molecule has 1 fully saturated rings. The first-order valence-electron chi connectivity index (χ1n) is 9.76. The molecule has 0 saturated heterocycles. The molecule has 1 saturated carbocycles. The van der Waals surface area contributed by atoms with E-state index < -0.39 is 0 Å². The number of nitrogens with zero attached hydrogens (tertiary/aromatic N) is 2. The highest BCUT2D eigenvalue weighted by Crippen LogP contribution is 2.38. The number of nitrogens with one attached hydrogen (secondary N) is 2. The SMILES string of the molecule is COCCOc1cc2c(OC3CCC3)nc(Nc3cc(C)[nH]n3)cc2cc1OC. The number of hydrogen-bond acceptors (Lipinski definition) is 7. The summed E-state index contributed by atoms with van der Waals surface area (Å²) >= 11 is 0. The maximum atomic E-state index is 6.20. The summed E-state index contributed by atoms with van der Waals surface area (Å²) in [6, 6.07) is 7.74. The number of rotatable bonds is 9. The Morgan fingerprint density at radius 2 is 1.93 bits per heavy atom. The van der Waals surface area contributed by atoms with E-state index >= 15 is 0 Å². The molecule has 2 aromatic heterocycles. The third-order valence-electron chi connectivity index (χ3n) is 4.92. The number of benzene rings is 1. The van der Waals surface area contributed by atoms with Gasteiger partial charge >= 0.3 is 0 Å². The molecule has 8 nitrogen and oxygen atoms in total. The number of methoxy groups -OCH3 is 2. The Kier molecular flexibility index (Phi) is 5.71. The van der Waals surface area contributed by atoms with Gasteiger partial charge in [0.1, 0.15) is 18.5 Å². The second-order valence-corrected chi connectivity index (χ2v) is 7.11. The summed E-state index contributed by atoms with van der Waals surface area (Å²) in [4.78, 5) is 4.71. The van der Waals surface area contributed by atoms with Crippen LogP contribution in [0.4, 0.5) is 11.6 Å². The number of pyridine rings is 1. The summed E-state index contributed by atoms with van der Waals surface area (Å²) in [7, 11) is 3.27. The number of aromatic amines is 1. The number of fused-ring (bicyclic) bond motifs is 1. The summed E-state index contributed by atoms with van der Waals surface area (Å²) in [6.07, 6.45) is 3.49. The standard InChI is InChI=1S/C21H26N4O4/c1-13-9-20(25-24-13)22-19-11-14-10-17(27-3)18(28-8-7-26-2)12-16(14)21(23-19)29-15-5-4-6-15/h9-12,15H,4-8H2,1-3H3,(H2,22,23,24,25). The van der Waals surface area contributed by atoms with E-state index in [-0.39, 0.29) is 6.10 Å². The molecule has 0 amide bonds. The van der Waals surface area contributed by atoms with E-state index in [1.807, 2.05) is 31.2 Å². The van der Waals surface area contributed by atoms with Gasteiger partial charge in [-0.3, -0.25) is 5.10 Å². The zero-order valence-corrected chi connectivity index (χ0v) is 16.9. The average Bonchev–Trinajstić information content (AvgIpc) is 3.09. The molecular formula is C21H26N4O4. The zero-order valence-electron chi connectivity index (χ0n) is 16.9. The fourth-order valence-electron chi connectivity index (χ4n) is 3.15. The number of aromatic nitrogens is 3. The van der Waals surface area contributed by atoms with Crippen molar-refractivity contribution >= 4 is 22.4 Å². The Hall–Kier alpha value is -3.00. The molecule has 4 rings (SSSR count). The first-order valence-corrected chi connectivity index (χ1v) is 9.76. The molecule has 0 aliphatic heterocycles. The second-order valence-electron chi connectivity index (χ2n) is 7.11. The highest BCUT2D eigenvalue weighted by molar-refractivity contribution is 5.92. The molecule has 1 aromatic carbocycles. The molecule has 154 valence electrons. The summed E-state index contributed by atoms with van der Waals surface area (Å²) in [6.45, 7) is 2.88. The fourth-order valence-corrected chi connectivity index (χ4v) is 3.15. The van der Waals surface area contributed by atoms with Gasteiger partial charge in [-0.1, -0.05) is 0 Å². The molecule has 8 heteroatoms. The molecule has 0 bridgehead atoms. The highest BCUT2D eigenvalue weighted by Gasteiger charge is 2.22. The first kappa shape index (κ1) is 19.3. The first-order chi connectivity index (χ1) is 14.2. The van der Waals surface area contributed by atoms with Gasteiger partial charge in [-0.2, -0.15) is 10.1 Å². The number of H-pyrrole nitrogens is 1. The minimum Gasteiger partial charge on any atom is -0.493 e. The van der Waals surface area contributed by atoms with Crippen LogP contribution >= 0.6 is 0 Å². The van der Waals surface area contributed by atoms with Crippen LogP contribution in [0.15, 0.2) is 24.3 Å². The van der Waals surface area contributed by atoms with Crippen molar-refractivity contribution in [2.45, 2.75) is 32.3 Å². The Balaban J connectivity index is 1.72. The van der Waals surface area contributed by atoms with Crippen LogP contribution < -0.4 is 19.5 Å². The molecule has 29 heavy (non-hydrogen) atoms. The molecule has 1 aliphatic rings. The van der Waals surface area contributed by atoms with Crippen LogP contribution in [0.5, 0.6) is 17.4 Å². The van der Waals surface area contributed by atoms with Gasteiger partial charge < -0.3 is 24.3 Å². The van der Waals surface area contributed by atoms with E-state index in [0.717, 1.165) is 29.3 Å². The maximum absolute atomic E-state index is 6.20. The van der Waals surface area contributed by atoms with Gasteiger partial charge in [0.2, 0.25) is 5.88 Å². The number of anilines is 2. The molecule has 3 aromatic rings. The molecule has 0 atom stereocenters. The van der Waals surface area contributed by atoms with Crippen molar-refractivity contribution in [1.29, 1.82) is 0 Å². The van der Waals surface area contributed by atoms with Crippen molar-refractivity contribution in [3.8, 4) is 17.4 Å². The minimum atomic E-state index is 0.202. The lowest BCUT2D eigenvalue weighted by Gasteiger charge is -2.26. The van der Waals surface area contributed by atoms with Crippen molar-refractivity contribution in [3.63, 3.8) is 0 Å². The zero-order chi connectivity index (χ0) is 20.2. The monoisotopic (exact) mass is 398 g/mol. The highest BCUT2D eigenvalue weighted by atomic mass is 16.5. The molecule has 0 unspecified atom stereocenters. The normalized spacial score (nSPS) is 13.9. The molecule has 2 N–H and O–H groups in total. The van der Waals surface area contributed by atoms with E-state index in [9.17, 15) is 0 Å². The van der Waals surface area contributed by atoms with Gasteiger partial charge in [-0.15, -0.1) is 0 Å². The lowest BCUT2D eigenvalue weighted by Crippen LogP contribution is -2.25. The van der Waals surface area contributed by atoms with Gasteiger partial charge in [0, 0.05) is 24.3 Å². The minimum absolute atomic E-state index is 0.202. The largest absolute Gasteiger partial charge is 0.493 e. The summed E-state index contributed by atoms with van der Waals surface area (Å²) in [5.74, 6) is 3.24. The van der Waals surface area contributed by atoms with Gasteiger partial charge in [-0.25, -0.2) is 0 Å². The maximum Gasteiger partial charge on any atom is 0.223 e. The van der Waals surface area contributed by atoms with Crippen LogP contribution in [-0.2, 0) is 4.74 Å². The van der Waals surface area contributed by atoms with Crippen molar-refractivity contribution in [2.75, 3.05) is 32.8 Å². The van der Waals surface area contributed by atoms with Crippen LogP contribution in [0, 0.1) is 6.92 Å². The third kappa shape index (κ3) is 4.37. The Morgan fingerprint density at radius 3 is 2.59 bits per heavy atom. The third-order valence-corrected chi connectivity index (χ3v) is 4.92. The van der Waals surface area contributed by atoms with Crippen molar-refractivity contribution in [2.24, 2.45) is 0 Å². The topological polar surface area (TPSA) is 90.5 Å². The Morgan fingerprint density at radius 1 is 1.07 bits per heavy atom. The van der Waals surface area contributed by atoms with Gasteiger partial charge in [-0.05, 0) is 49.8 Å².